The molecule has 1 rings (SSSR count). The lowest BCUT2D eigenvalue weighted by Crippen LogP contribution is -2.52. The maximum atomic E-state index is 9.09. The summed E-state index contributed by atoms with van der Waals surface area (Å²) in [7, 11) is 0. The normalized spacial score (nSPS) is 44.1. The van der Waals surface area contributed by atoms with Crippen molar-refractivity contribution in [3.05, 3.63) is 6.42 Å². The summed E-state index contributed by atoms with van der Waals surface area (Å²) < 4.78 is 0. The summed E-state index contributed by atoms with van der Waals surface area (Å²) in [5, 5.41) is 9.09. The first-order valence-corrected chi connectivity index (χ1v) is 3.24. The Kier molecular flexibility index (Phi) is 1.95. The van der Waals surface area contributed by atoms with Crippen LogP contribution >= 0.6 is 0 Å². The summed E-state index contributed by atoms with van der Waals surface area (Å²) in [5.41, 5.74) is 11.1. The molecule has 9 heavy (non-hydrogen) atoms. The molecule has 3 heteroatoms. The average Bonchev–Trinajstić information content (AvgIpc) is 1.83. The Bertz CT molecular complexity index is 87.1. The van der Waals surface area contributed by atoms with E-state index in [1.54, 1.807) is 0 Å². The van der Waals surface area contributed by atoms with E-state index >= 15 is 0 Å². The van der Waals surface area contributed by atoms with Gasteiger partial charge in [0.2, 0.25) is 6.10 Å². The third kappa shape index (κ3) is 1.36. The summed E-state index contributed by atoms with van der Waals surface area (Å²) in [5.74, 6) is 0. The Morgan fingerprint density at radius 1 is 1.44 bits per heavy atom. The molecule has 3 atom stereocenters. The van der Waals surface area contributed by atoms with Crippen LogP contribution in [-0.2, 0) is 0 Å². The highest BCUT2D eigenvalue weighted by Crippen LogP contribution is 2.14. The summed E-state index contributed by atoms with van der Waals surface area (Å²) in [6.45, 7) is 0. The quantitative estimate of drug-likeness (QED) is 0.367. The van der Waals surface area contributed by atoms with E-state index < -0.39 is 6.10 Å². The molecule has 0 saturated heterocycles. The lowest BCUT2D eigenvalue weighted by molar-refractivity contribution is 0.139. The van der Waals surface area contributed by atoms with E-state index in [0.717, 1.165) is 12.8 Å². The van der Waals surface area contributed by atoms with Crippen LogP contribution in [0.5, 0.6) is 0 Å². The molecule has 0 spiro atoms. The SMILES string of the molecule is N[C@@H]1[C@H](O)[CH+]CC[C@@H]1N. The lowest BCUT2D eigenvalue weighted by Gasteiger charge is -2.23. The number of hydrogen-bond donors (Lipinski definition) is 3. The van der Waals surface area contributed by atoms with Crippen LogP contribution in [0.2, 0.25) is 0 Å². The van der Waals surface area contributed by atoms with Gasteiger partial charge in [-0.3, -0.25) is 0 Å². The van der Waals surface area contributed by atoms with Gasteiger partial charge in [0.15, 0.2) is 0 Å². The van der Waals surface area contributed by atoms with Crippen LogP contribution in [0.1, 0.15) is 12.8 Å². The Labute approximate surface area is 55.0 Å². The largest absolute Gasteiger partial charge is 0.352 e. The highest BCUT2D eigenvalue weighted by Gasteiger charge is 2.32. The van der Waals surface area contributed by atoms with Gasteiger partial charge in [-0.25, -0.2) is 0 Å². The molecule has 1 aliphatic carbocycles. The average molecular weight is 129 g/mol. The second kappa shape index (κ2) is 2.56. The van der Waals surface area contributed by atoms with E-state index in [0.29, 0.717) is 0 Å². The van der Waals surface area contributed by atoms with Crippen molar-refractivity contribution in [1.82, 2.24) is 0 Å². The van der Waals surface area contributed by atoms with Crippen LogP contribution < -0.4 is 11.5 Å². The summed E-state index contributed by atoms with van der Waals surface area (Å²) in [6, 6.07) is -0.274. The fourth-order valence-electron chi connectivity index (χ4n) is 1.06. The second-order valence-electron chi connectivity index (χ2n) is 2.54. The minimum absolute atomic E-state index is 0.0231. The van der Waals surface area contributed by atoms with Crippen LogP contribution in [0.15, 0.2) is 0 Å². The Morgan fingerprint density at radius 3 is 2.56 bits per heavy atom. The summed E-state index contributed by atoms with van der Waals surface area (Å²) in [6.07, 6.45) is 3.11. The molecule has 52 valence electrons. The Balaban J connectivity index is 2.41. The van der Waals surface area contributed by atoms with Crippen LogP contribution in [0, 0.1) is 6.42 Å². The molecule has 1 aliphatic rings. The maximum Gasteiger partial charge on any atom is 0.211 e. The van der Waals surface area contributed by atoms with Crippen LogP contribution in [0.25, 0.3) is 0 Å². The molecule has 0 unspecified atom stereocenters. The monoisotopic (exact) mass is 129 g/mol. The molecule has 3 nitrogen and oxygen atoms in total. The fraction of sp³-hybridized carbons (Fsp3) is 0.833. The first-order valence-electron chi connectivity index (χ1n) is 3.24. The molecule has 0 amide bonds. The van der Waals surface area contributed by atoms with Gasteiger partial charge in [-0.2, -0.15) is 0 Å². The zero-order chi connectivity index (χ0) is 6.85. The number of aliphatic hydroxyl groups is 1. The van der Waals surface area contributed by atoms with E-state index in [4.69, 9.17) is 16.6 Å². The van der Waals surface area contributed by atoms with Crippen molar-refractivity contribution in [2.45, 2.75) is 31.0 Å². The molecule has 0 aliphatic heterocycles. The molecular weight excluding hydrogens is 116 g/mol. The molecule has 0 aromatic rings. The van der Waals surface area contributed by atoms with Gasteiger partial charge < -0.3 is 16.6 Å². The predicted molar refractivity (Wildman–Crippen MR) is 35.5 cm³/mol. The standard InChI is InChI=1S/C6H13N2O/c7-4-2-1-3-5(9)6(4)8/h3-6,9H,1-2,7-8H2/q+1/t4-,5+,6-/m0/s1. The van der Waals surface area contributed by atoms with Crippen molar-refractivity contribution in [1.29, 1.82) is 0 Å². The van der Waals surface area contributed by atoms with E-state index in [2.05, 4.69) is 0 Å². The molecule has 0 heterocycles. The first kappa shape index (κ1) is 6.86. The van der Waals surface area contributed by atoms with E-state index in [1.807, 2.05) is 6.42 Å². The second-order valence-corrected chi connectivity index (χ2v) is 2.54. The van der Waals surface area contributed by atoms with Gasteiger partial charge in [0.05, 0.1) is 12.5 Å². The third-order valence-corrected chi connectivity index (χ3v) is 1.80. The number of aliphatic hydroxyl groups excluding tert-OH is 1. The summed E-state index contributed by atoms with van der Waals surface area (Å²) >= 11 is 0. The van der Waals surface area contributed by atoms with Crippen molar-refractivity contribution in [2.24, 2.45) is 11.5 Å². The first-order chi connectivity index (χ1) is 4.22. The molecule has 1 saturated carbocycles. The topological polar surface area (TPSA) is 72.3 Å². The zero-order valence-corrected chi connectivity index (χ0v) is 5.33. The van der Waals surface area contributed by atoms with Crippen LogP contribution in [0.4, 0.5) is 0 Å². The number of rotatable bonds is 0. The number of hydrogen-bond acceptors (Lipinski definition) is 3. The van der Waals surface area contributed by atoms with Gasteiger partial charge in [0, 0.05) is 12.5 Å². The lowest BCUT2D eigenvalue weighted by atomic mass is 9.89. The van der Waals surface area contributed by atoms with Crippen molar-refractivity contribution in [2.75, 3.05) is 0 Å². The van der Waals surface area contributed by atoms with Gasteiger partial charge in [-0.1, -0.05) is 0 Å². The minimum atomic E-state index is -0.492. The van der Waals surface area contributed by atoms with Crippen molar-refractivity contribution < 1.29 is 5.11 Å². The zero-order valence-electron chi connectivity index (χ0n) is 5.33. The van der Waals surface area contributed by atoms with E-state index in [-0.39, 0.29) is 12.1 Å². The molecule has 0 aromatic carbocycles. The van der Waals surface area contributed by atoms with Gasteiger partial charge in [-0.05, 0) is 0 Å². The van der Waals surface area contributed by atoms with Crippen LogP contribution in [-0.4, -0.2) is 23.3 Å². The van der Waals surface area contributed by atoms with Crippen LogP contribution in [0.3, 0.4) is 0 Å². The van der Waals surface area contributed by atoms with E-state index in [1.165, 1.54) is 0 Å². The molecule has 0 aromatic heterocycles. The highest BCUT2D eigenvalue weighted by molar-refractivity contribution is 4.96. The van der Waals surface area contributed by atoms with E-state index in [9.17, 15) is 0 Å². The van der Waals surface area contributed by atoms with Gasteiger partial charge in [0.25, 0.3) is 0 Å². The summed E-state index contributed by atoms with van der Waals surface area (Å²) in [4.78, 5) is 0. The van der Waals surface area contributed by atoms with Gasteiger partial charge in [-0.15, -0.1) is 0 Å². The Morgan fingerprint density at radius 2 is 2.11 bits per heavy atom. The minimum Gasteiger partial charge on any atom is -0.352 e. The van der Waals surface area contributed by atoms with Crippen molar-refractivity contribution >= 4 is 0 Å². The molecule has 1 fully saturated rings. The van der Waals surface area contributed by atoms with Gasteiger partial charge in [0.1, 0.15) is 6.42 Å². The predicted octanol–water partition coefficient (Wildman–Crippen LogP) is -1.00. The Hall–Kier alpha value is -0.250. The molecule has 0 radical (unpaired) electrons. The molecule has 0 bridgehead atoms. The molecule has 5 N–H and O–H groups in total. The molecular formula is C6H13N2O+. The third-order valence-electron chi connectivity index (χ3n) is 1.80. The highest BCUT2D eigenvalue weighted by atomic mass is 16.3. The smallest absolute Gasteiger partial charge is 0.211 e. The fourth-order valence-corrected chi connectivity index (χ4v) is 1.06. The number of nitrogens with two attached hydrogens (primary N) is 2. The maximum absolute atomic E-state index is 9.09. The van der Waals surface area contributed by atoms with Crippen molar-refractivity contribution in [3.8, 4) is 0 Å². The van der Waals surface area contributed by atoms with Gasteiger partial charge >= 0.3 is 0 Å². The van der Waals surface area contributed by atoms with Crippen molar-refractivity contribution in [3.63, 3.8) is 0 Å².